The van der Waals surface area contributed by atoms with E-state index in [4.69, 9.17) is 0 Å². The molecule has 2 bridgehead atoms. The van der Waals surface area contributed by atoms with E-state index in [1.165, 1.54) is 12.1 Å². The van der Waals surface area contributed by atoms with Crippen LogP contribution in [0.5, 0.6) is 5.75 Å². The van der Waals surface area contributed by atoms with E-state index in [0.717, 1.165) is 12.1 Å². The van der Waals surface area contributed by atoms with E-state index in [1.54, 1.807) is 0 Å². The van der Waals surface area contributed by atoms with Crippen molar-refractivity contribution in [3.05, 3.63) is 29.8 Å². The lowest BCUT2D eigenvalue weighted by Crippen LogP contribution is -2.43. The van der Waals surface area contributed by atoms with E-state index in [-0.39, 0.29) is 18.6 Å². The number of alkyl halides is 3. The molecule has 8 heteroatoms. The predicted octanol–water partition coefficient (Wildman–Crippen LogP) is 2.51. The zero-order valence-corrected chi connectivity index (χ0v) is 12.3. The summed E-state index contributed by atoms with van der Waals surface area (Å²) < 4.78 is 64.3. The molecule has 2 aliphatic heterocycles. The van der Waals surface area contributed by atoms with Gasteiger partial charge in [-0.15, -0.1) is 13.2 Å². The van der Waals surface area contributed by atoms with E-state index < -0.39 is 32.3 Å². The first-order valence-corrected chi connectivity index (χ1v) is 8.52. The third-order valence-corrected chi connectivity index (χ3v) is 7.16. The van der Waals surface area contributed by atoms with Gasteiger partial charge in [0, 0.05) is 0 Å². The van der Waals surface area contributed by atoms with Crippen LogP contribution in [0.15, 0.2) is 24.3 Å². The molecule has 1 N–H and O–H groups in total. The fourth-order valence-electron chi connectivity index (χ4n) is 3.45. The summed E-state index contributed by atoms with van der Waals surface area (Å²) in [6.45, 7) is 0. The number of fused-ring (bicyclic) bond motifs is 2. The van der Waals surface area contributed by atoms with Crippen LogP contribution in [0.25, 0.3) is 0 Å². The summed E-state index contributed by atoms with van der Waals surface area (Å²) in [6.07, 6.45) is -3.53. The van der Waals surface area contributed by atoms with Gasteiger partial charge in [-0.2, -0.15) is 0 Å². The third-order valence-electron chi connectivity index (χ3n) is 4.50. The van der Waals surface area contributed by atoms with Gasteiger partial charge in [-0.3, -0.25) is 0 Å². The Balaban J connectivity index is 1.83. The first kappa shape index (κ1) is 15.6. The van der Waals surface area contributed by atoms with Crippen LogP contribution in [0.4, 0.5) is 13.2 Å². The molecule has 22 heavy (non-hydrogen) atoms. The van der Waals surface area contributed by atoms with E-state index in [9.17, 15) is 26.7 Å². The van der Waals surface area contributed by atoms with Crippen molar-refractivity contribution in [1.29, 1.82) is 0 Å². The number of ether oxygens (including phenoxy) is 1. The molecule has 122 valence electrons. The number of rotatable bonds is 2. The molecule has 2 aliphatic rings. The second-order valence-electron chi connectivity index (χ2n) is 5.92. The minimum Gasteiger partial charge on any atom is -0.406 e. The van der Waals surface area contributed by atoms with Crippen molar-refractivity contribution >= 4 is 9.84 Å². The molecule has 2 fully saturated rings. The van der Waals surface area contributed by atoms with Crippen LogP contribution < -0.4 is 4.74 Å². The Labute approximate surface area is 125 Å². The Morgan fingerprint density at radius 2 is 1.59 bits per heavy atom. The summed E-state index contributed by atoms with van der Waals surface area (Å²) in [7, 11) is -3.17. The molecule has 2 unspecified atom stereocenters. The average molecular weight is 336 g/mol. The minimum atomic E-state index is -4.77. The lowest BCUT2D eigenvalue weighted by Gasteiger charge is -2.36. The Morgan fingerprint density at radius 1 is 1.09 bits per heavy atom. The Morgan fingerprint density at radius 3 is 2.05 bits per heavy atom. The number of hydrogen-bond acceptors (Lipinski definition) is 4. The highest BCUT2D eigenvalue weighted by Gasteiger charge is 2.53. The van der Waals surface area contributed by atoms with Crippen molar-refractivity contribution in [2.24, 2.45) is 0 Å². The Bertz CT molecular complexity index is 646. The summed E-state index contributed by atoms with van der Waals surface area (Å²) >= 11 is 0. The quantitative estimate of drug-likeness (QED) is 0.901. The fourth-order valence-corrected chi connectivity index (χ4v) is 5.94. The molecule has 2 atom stereocenters. The summed E-state index contributed by atoms with van der Waals surface area (Å²) in [6, 6.07) is 4.98. The molecule has 1 aromatic rings. The molecule has 0 aliphatic carbocycles. The topological polar surface area (TPSA) is 63.6 Å². The smallest absolute Gasteiger partial charge is 0.406 e. The molecule has 0 amide bonds. The van der Waals surface area contributed by atoms with Crippen LogP contribution in [0.1, 0.15) is 31.2 Å². The standard InChI is InChI=1S/C14H15F3O4S/c15-14(16,17)21-10-3-1-9(2-4-10)13(18)7-11-5-6-12(8-13)22(11,19)20/h1-4,11-12,18H,5-8H2. The maximum atomic E-state index is 12.1. The van der Waals surface area contributed by atoms with E-state index >= 15 is 0 Å². The Kier molecular flexibility index (Phi) is 3.45. The van der Waals surface area contributed by atoms with Gasteiger partial charge in [0.2, 0.25) is 0 Å². The maximum absolute atomic E-state index is 12.1. The van der Waals surface area contributed by atoms with Crippen LogP contribution in [-0.2, 0) is 15.4 Å². The van der Waals surface area contributed by atoms with Gasteiger partial charge in [-0.25, -0.2) is 8.42 Å². The van der Waals surface area contributed by atoms with E-state index in [1.807, 2.05) is 0 Å². The lowest BCUT2D eigenvalue weighted by molar-refractivity contribution is -0.274. The Hall–Kier alpha value is -1.28. The molecule has 3 rings (SSSR count). The van der Waals surface area contributed by atoms with Crippen LogP contribution in [0.3, 0.4) is 0 Å². The second kappa shape index (κ2) is 4.86. The van der Waals surface area contributed by atoms with Crippen molar-refractivity contribution < 1.29 is 31.4 Å². The van der Waals surface area contributed by atoms with Gasteiger partial charge in [0.05, 0.1) is 16.1 Å². The number of sulfone groups is 1. The van der Waals surface area contributed by atoms with Crippen molar-refractivity contribution in [1.82, 2.24) is 0 Å². The molecule has 2 saturated heterocycles. The van der Waals surface area contributed by atoms with Crippen LogP contribution in [0.2, 0.25) is 0 Å². The zero-order chi connectivity index (χ0) is 16.2. The summed E-state index contributed by atoms with van der Waals surface area (Å²) in [5, 5.41) is 9.62. The monoisotopic (exact) mass is 336 g/mol. The van der Waals surface area contributed by atoms with Gasteiger partial charge in [0.1, 0.15) is 5.75 Å². The molecular weight excluding hydrogens is 321 g/mol. The lowest BCUT2D eigenvalue weighted by atomic mass is 9.86. The number of aliphatic hydroxyl groups is 1. The highest BCUT2D eigenvalue weighted by molar-refractivity contribution is 7.93. The fraction of sp³-hybridized carbons (Fsp3) is 0.571. The van der Waals surface area contributed by atoms with Crippen LogP contribution in [0, 0.1) is 0 Å². The van der Waals surface area contributed by atoms with Gasteiger partial charge in [-0.05, 0) is 43.4 Å². The SMILES string of the molecule is O=S1(=O)C2CCC1CC(O)(c1ccc(OC(F)(F)F)cc1)C2. The van der Waals surface area contributed by atoms with Crippen molar-refractivity contribution in [2.75, 3.05) is 0 Å². The van der Waals surface area contributed by atoms with Gasteiger partial charge in [-0.1, -0.05) is 12.1 Å². The van der Waals surface area contributed by atoms with Crippen LogP contribution >= 0.6 is 0 Å². The average Bonchev–Trinajstić information content (AvgIpc) is 2.58. The molecule has 4 nitrogen and oxygen atoms in total. The molecular formula is C14H15F3O4S. The molecule has 0 saturated carbocycles. The third kappa shape index (κ3) is 2.69. The normalized spacial score (nSPS) is 33.6. The largest absolute Gasteiger partial charge is 0.573 e. The minimum absolute atomic E-state index is 0.0886. The summed E-state index contributed by atoms with van der Waals surface area (Å²) in [4.78, 5) is 0. The van der Waals surface area contributed by atoms with Gasteiger partial charge in [0.15, 0.2) is 9.84 Å². The van der Waals surface area contributed by atoms with Crippen LogP contribution in [-0.4, -0.2) is 30.4 Å². The van der Waals surface area contributed by atoms with E-state index in [2.05, 4.69) is 4.74 Å². The van der Waals surface area contributed by atoms with Crippen molar-refractivity contribution in [2.45, 2.75) is 48.1 Å². The molecule has 0 radical (unpaired) electrons. The highest BCUT2D eigenvalue weighted by Crippen LogP contribution is 2.47. The first-order valence-electron chi connectivity index (χ1n) is 6.92. The molecule has 0 aromatic heterocycles. The number of hydrogen-bond donors (Lipinski definition) is 1. The number of benzene rings is 1. The van der Waals surface area contributed by atoms with Gasteiger partial charge < -0.3 is 9.84 Å². The van der Waals surface area contributed by atoms with Gasteiger partial charge >= 0.3 is 6.36 Å². The zero-order valence-electron chi connectivity index (χ0n) is 11.5. The van der Waals surface area contributed by atoms with Crippen molar-refractivity contribution in [3.63, 3.8) is 0 Å². The molecule has 2 heterocycles. The highest BCUT2D eigenvalue weighted by atomic mass is 32.2. The van der Waals surface area contributed by atoms with E-state index in [0.29, 0.717) is 18.4 Å². The predicted molar refractivity (Wildman–Crippen MR) is 72.0 cm³/mol. The maximum Gasteiger partial charge on any atom is 0.573 e. The molecule has 1 aromatic carbocycles. The van der Waals surface area contributed by atoms with Gasteiger partial charge in [0.25, 0.3) is 0 Å². The molecule has 0 spiro atoms. The van der Waals surface area contributed by atoms with Crippen molar-refractivity contribution in [3.8, 4) is 5.75 Å². The second-order valence-corrected chi connectivity index (χ2v) is 8.43. The summed E-state index contributed by atoms with van der Waals surface area (Å²) in [5.41, 5.74) is -0.887. The number of halogens is 3. The summed E-state index contributed by atoms with van der Waals surface area (Å²) in [5.74, 6) is -0.369. The first-order chi connectivity index (χ1) is 10.1.